The third-order valence-electron chi connectivity index (χ3n) is 6.10. The van der Waals surface area contributed by atoms with E-state index in [-0.39, 0.29) is 23.7 Å². The topological polar surface area (TPSA) is 71.8 Å². The van der Waals surface area contributed by atoms with Gasteiger partial charge < -0.3 is 19.6 Å². The van der Waals surface area contributed by atoms with Crippen LogP contribution in [0, 0.1) is 0 Å². The van der Waals surface area contributed by atoms with Crippen molar-refractivity contribution in [2.75, 3.05) is 32.6 Å². The highest BCUT2D eigenvalue weighted by atomic mass is 35.5. The maximum absolute atomic E-state index is 13.3. The largest absolute Gasteiger partial charge is 0.394 e. The number of fused-ring (bicyclic) bond motifs is 1. The van der Waals surface area contributed by atoms with Crippen LogP contribution in [0.25, 0.3) is 0 Å². The molecule has 1 aliphatic rings. The molecule has 0 saturated carbocycles. The smallest absolute Gasteiger partial charge is 0.257 e. The van der Waals surface area contributed by atoms with Crippen LogP contribution in [0.15, 0.2) is 96.5 Å². The Hall–Kier alpha value is -3.59. The van der Waals surface area contributed by atoms with Gasteiger partial charge in [0.15, 0.2) is 0 Å². The van der Waals surface area contributed by atoms with E-state index in [1.54, 1.807) is 18.0 Å². The number of carbonyl (C=O) groups excluding carboxylic acids is 1. The summed E-state index contributed by atoms with van der Waals surface area (Å²) < 4.78 is 2.16. The fourth-order valence-corrected chi connectivity index (χ4v) is 5.53. The summed E-state index contributed by atoms with van der Waals surface area (Å²) in [5.41, 5.74) is 6.07. The zero-order valence-corrected chi connectivity index (χ0v) is 22.9. The third-order valence-corrected chi connectivity index (χ3v) is 7.35. The van der Waals surface area contributed by atoms with Crippen molar-refractivity contribution < 1.29 is 9.63 Å². The zero-order chi connectivity index (χ0) is 25.6. The van der Waals surface area contributed by atoms with Crippen molar-refractivity contribution in [3.8, 4) is 0 Å². The molecule has 0 aliphatic carbocycles. The van der Waals surface area contributed by atoms with E-state index >= 15 is 0 Å². The summed E-state index contributed by atoms with van der Waals surface area (Å²) in [6.45, 7) is 1.25. The van der Waals surface area contributed by atoms with Gasteiger partial charge in [-0.2, -0.15) is 0 Å². The van der Waals surface area contributed by atoms with Gasteiger partial charge in [-0.05, 0) is 38.4 Å². The summed E-state index contributed by atoms with van der Waals surface area (Å²) in [7, 11) is 3.99. The first kappa shape index (κ1) is 27.4. The monoisotopic (exact) mass is 547 g/mol. The predicted octanol–water partition coefficient (Wildman–Crippen LogP) is 5.68. The molecule has 3 heterocycles. The summed E-state index contributed by atoms with van der Waals surface area (Å²) in [5.74, 6) is 0.642. The summed E-state index contributed by atoms with van der Waals surface area (Å²) in [4.78, 5) is 25.2. The number of amides is 1. The molecule has 2 aromatic heterocycles. The summed E-state index contributed by atoms with van der Waals surface area (Å²) in [6.07, 6.45) is 5.65. The van der Waals surface area contributed by atoms with Gasteiger partial charge in [0.2, 0.25) is 0 Å². The van der Waals surface area contributed by atoms with Gasteiger partial charge in [0, 0.05) is 59.0 Å². The molecule has 0 bridgehead atoms. The molecule has 1 N–H and O–H groups in total. The molecule has 0 saturated heterocycles. The van der Waals surface area contributed by atoms with Crippen LogP contribution in [0.4, 0.5) is 5.69 Å². The van der Waals surface area contributed by atoms with Crippen molar-refractivity contribution in [1.29, 1.82) is 0 Å². The number of oxime groups is 1. The number of pyridine rings is 1. The van der Waals surface area contributed by atoms with E-state index in [0.717, 1.165) is 40.4 Å². The molecular formula is C29H30ClN5O2S. The predicted molar refractivity (Wildman–Crippen MR) is 156 cm³/mol. The van der Waals surface area contributed by atoms with Crippen LogP contribution >= 0.6 is 24.2 Å². The van der Waals surface area contributed by atoms with Gasteiger partial charge in [-0.3, -0.25) is 9.78 Å². The van der Waals surface area contributed by atoms with Gasteiger partial charge in [0.05, 0.1) is 5.56 Å². The number of hydrogen-bond acceptors (Lipinski definition) is 6. The molecule has 0 fully saturated rings. The second kappa shape index (κ2) is 12.8. The molecule has 1 unspecified atom stereocenters. The van der Waals surface area contributed by atoms with Gasteiger partial charge in [0.25, 0.3) is 5.91 Å². The number of halogens is 1. The SMILES string of the molecule is CN(C)CCON=C(c1ccccc1)c1cccc(NC(=O)c2ccn3c2CSC3c2cccnc2)c1.Cl. The van der Waals surface area contributed by atoms with Crippen LogP contribution in [-0.2, 0) is 10.6 Å². The molecule has 5 rings (SSSR count). The molecule has 9 heteroatoms. The highest BCUT2D eigenvalue weighted by Crippen LogP contribution is 2.42. The van der Waals surface area contributed by atoms with Gasteiger partial charge in [0.1, 0.15) is 17.7 Å². The first-order valence-electron chi connectivity index (χ1n) is 12.1. The number of rotatable bonds is 9. The molecule has 1 aliphatic heterocycles. The Morgan fingerprint density at radius 3 is 2.68 bits per heavy atom. The fraction of sp³-hybridized carbons (Fsp3) is 0.207. The number of aromatic nitrogens is 2. The van der Waals surface area contributed by atoms with Crippen molar-refractivity contribution in [2.24, 2.45) is 5.16 Å². The van der Waals surface area contributed by atoms with E-state index in [1.807, 2.05) is 98.1 Å². The normalized spacial score (nSPS) is 14.6. The zero-order valence-electron chi connectivity index (χ0n) is 21.3. The lowest BCUT2D eigenvalue weighted by Gasteiger charge is -2.12. The summed E-state index contributed by atoms with van der Waals surface area (Å²) in [5, 5.41) is 7.67. The average Bonchev–Trinajstić information content (AvgIpc) is 3.52. The Morgan fingerprint density at radius 1 is 1.11 bits per heavy atom. The number of carbonyl (C=O) groups is 1. The number of thioether (sulfide) groups is 1. The summed E-state index contributed by atoms with van der Waals surface area (Å²) in [6, 6.07) is 23.5. The minimum Gasteiger partial charge on any atom is -0.394 e. The molecule has 196 valence electrons. The number of nitrogens with one attached hydrogen (secondary N) is 1. The van der Waals surface area contributed by atoms with Crippen LogP contribution in [0.1, 0.15) is 38.1 Å². The first-order chi connectivity index (χ1) is 18.1. The van der Waals surface area contributed by atoms with Crippen LogP contribution in [0.2, 0.25) is 0 Å². The molecule has 2 aromatic carbocycles. The second-order valence-electron chi connectivity index (χ2n) is 9.01. The Morgan fingerprint density at radius 2 is 1.92 bits per heavy atom. The highest BCUT2D eigenvalue weighted by Gasteiger charge is 2.28. The molecule has 1 atom stereocenters. The number of hydrogen-bond donors (Lipinski definition) is 1. The van der Waals surface area contributed by atoms with Gasteiger partial charge >= 0.3 is 0 Å². The maximum Gasteiger partial charge on any atom is 0.257 e. The molecule has 0 spiro atoms. The average molecular weight is 548 g/mol. The van der Waals surface area contributed by atoms with E-state index in [4.69, 9.17) is 4.84 Å². The van der Waals surface area contributed by atoms with Gasteiger partial charge in [-0.1, -0.05) is 53.7 Å². The quantitative estimate of drug-likeness (QED) is 0.166. The van der Waals surface area contributed by atoms with Crippen molar-refractivity contribution in [1.82, 2.24) is 14.5 Å². The lowest BCUT2D eigenvalue weighted by molar-refractivity contribution is 0.102. The molecule has 1 amide bonds. The number of benzene rings is 2. The molecule has 0 radical (unpaired) electrons. The molecular weight excluding hydrogens is 518 g/mol. The Labute approximate surface area is 233 Å². The second-order valence-corrected chi connectivity index (χ2v) is 10.1. The minimum atomic E-state index is -0.126. The van der Waals surface area contributed by atoms with E-state index in [1.165, 1.54) is 0 Å². The van der Waals surface area contributed by atoms with E-state index in [9.17, 15) is 4.79 Å². The van der Waals surface area contributed by atoms with Crippen molar-refractivity contribution >= 4 is 41.5 Å². The number of likely N-dealkylation sites (N-methyl/N-ethyl adjacent to an activating group) is 1. The highest BCUT2D eigenvalue weighted by molar-refractivity contribution is 7.99. The van der Waals surface area contributed by atoms with Crippen molar-refractivity contribution in [2.45, 2.75) is 11.1 Å². The molecule has 38 heavy (non-hydrogen) atoms. The number of nitrogens with zero attached hydrogens (tertiary/aromatic N) is 4. The van der Waals surface area contributed by atoms with E-state index in [2.05, 4.69) is 26.1 Å². The van der Waals surface area contributed by atoms with Gasteiger partial charge in [-0.25, -0.2) is 0 Å². The lowest BCUT2D eigenvalue weighted by Crippen LogP contribution is -2.17. The van der Waals surface area contributed by atoms with Crippen LogP contribution in [0.3, 0.4) is 0 Å². The molecule has 7 nitrogen and oxygen atoms in total. The Bertz CT molecular complexity index is 1390. The van der Waals surface area contributed by atoms with Crippen LogP contribution < -0.4 is 5.32 Å². The maximum atomic E-state index is 13.3. The first-order valence-corrected chi connectivity index (χ1v) is 13.2. The van der Waals surface area contributed by atoms with Crippen molar-refractivity contribution in [3.05, 3.63) is 119 Å². The Kier molecular flexibility index (Phi) is 9.23. The minimum absolute atomic E-state index is 0. The summed E-state index contributed by atoms with van der Waals surface area (Å²) >= 11 is 1.79. The van der Waals surface area contributed by atoms with E-state index < -0.39 is 0 Å². The van der Waals surface area contributed by atoms with Crippen LogP contribution in [-0.4, -0.2) is 53.3 Å². The fourth-order valence-electron chi connectivity index (χ4n) is 4.22. The van der Waals surface area contributed by atoms with Gasteiger partial charge in [-0.15, -0.1) is 24.2 Å². The van der Waals surface area contributed by atoms with Crippen LogP contribution in [0.5, 0.6) is 0 Å². The number of anilines is 1. The van der Waals surface area contributed by atoms with Crippen molar-refractivity contribution in [3.63, 3.8) is 0 Å². The Balaban J connectivity index is 0.00000336. The third kappa shape index (κ3) is 6.27. The molecule has 4 aromatic rings. The van der Waals surface area contributed by atoms with E-state index in [0.29, 0.717) is 17.9 Å². The lowest BCUT2D eigenvalue weighted by atomic mass is 10.0. The standard InChI is InChI=1S/C29H29N5O2S.ClH/c1-33(2)16-17-36-32-27(21-8-4-3-5-9-21)22-10-6-12-24(18-22)31-28(35)25-13-15-34-26(25)20-37-29(34)23-11-7-14-30-19-23;/h3-15,18-19,29H,16-17,20H2,1-2H3,(H,31,35);1H.